The number of ether oxygens (including phenoxy) is 1. The SMILES string of the molecule is Cc1ccc(F)cc1[C@@H]1NC(=O)C[C@H](c2cc(Cl)ccc2OCC(=O)NS(C)(=O)=O)[C@@]12C(=O)Nc1cc(Cl)ccc12. The first kappa shape index (κ1) is 28.8. The fourth-order valence-corrected chi connectivity index (χ4v) is 6.57. The molecule has 2 heterocycles. The van der Waals surface area contributed by atoms with Gasteiger partial charge in [-0.25, -0.2) is 12.8 Å². The van der Waals surface area contributed by atoms with Crippen molar-refractivity contribution in [3.05, 3.63) is 92.7 Å². The van der Waals surface area contributed by atoms with Gasteiger partial charge in [-0.2, -0.15) is 0 Å². The molecule has 13 heteroatoms. The Balaban J connectivity index is 1.72. The number of sulfonamides is 1. The molecule has 2 aliphatic heterocycles. The molecule has 2 aliphatic rings. The smallest absolute Gasteiger partial charge is 0.271 e. The van der Waals surface area contributed by atoms with E-state index in [0.717, 1.165) is 6.26 Å². The lowest BCUT2D eigenvalue weighted by molar-refractivity contribution is -0.131. The molecule has 3 atom stereocenters. The molecule has 0 saturated carbocycles. The minimum absolute atomic E-state index is 0.113. The van der Waals surface area contributed by atoms with Gasteiger partial charge in [-0.3, -0.25) is 19.1 Å². The summed E-state index contributed by atoms with van der Waals surface area (Å²) in [7, 11) is -3.83. The van der Waals surface area contributed by atoms with Crippen LogP contribution in [0.4, 0.5) is 10.1 Å². The number of carbonyl (C=O) groups excluding carboxylic acids is 3. The van der Waals surface area contributed by atoms with Crippen LogP contribution in [0.3, 0.4) is 0 Å². The third-order valence-corrected chi connectivity index (χ3v) is 8.38. The van der Waals surface area contributed by atoms with Gasteiger partial charge < -0.3 is 15.4 Å². The summed E-state index contributed by atoms with van der Waals surface area (Å²) in [5, 5.41) is 6.45. The van der Waals surface area contributed by atoms with Crippen LogP contribution in [0.1, 0.15) is 40.6 Å². The number of hydrogen-bond donors (Lipinski definition) is 3. The lowest BCUT2D eigenvalue weighted by Crippen LogP contribution is -2.57. The zero-order chi connectivity index (χ0) is 29.7. The largest absolute Gasteiger partial charge is 0.483 e. The van der Waals surface area contributed by atoms with Gasteiger partial charge in [-0.15, -0.1) is 0 Å². The van der Waals surface area contributed by atoms with E-state index >= 15 is 0 Å². The number of fused-ring (bicyclic) bond motifs is 2. The molecule has 3 aromatic rings. The fraction of sp³-hybridized carbons (Fsp3) is 0.250. The number of aryl methyl sites for hydroxylation is 1. The van der Waals surface area contributed by atoms with Crippen LogP contribution in [0.5, 0.6) is 5.75 Å². The van der Waals surface area contributed by atoms with Crippen molar-refractivity contribution < 1.29 is 31.9 Å². The van der Waals surface area contributed by atoms with Gasteiger partial charge in [-0.05, 0) is 66.1 Å². The molecule has 3 amide bonds. The number of halogens is 3. The van der Waals surface area contributed by atoms with Gasteiger partial charge in [0, 0.05) is 33.6 Å². The van der Waals surface area contributed by atoms with Gasteiger partial charge in [0.25, 0.3) is 5.91 Å². The van der Waals surface area contributed by atoms with Crippen molar-refractivity contribution in [3.63, 3.8) is 0 Å². The van der Waals surface area contributed by atoms with Crippen molar-refractivity contribution in [2.45, 2.75) is 30.7 Å². The third kappa shape index (κ3) is 5.37. The molecule has 3 N–H and O–H groups in total. The van der Waals surface area contributed by atoms with Crippen LogP contribution in [0.15, 0.2) is 54.6 Å². The standard InChI is InChI=1S/C28H24Cl2FN3O6S/c1-14-3-6-17(31)11-18(14)26-28(20-7-4-16(30)10-22(20)32-27(28)37)21(12-24(35)33-26)19-9-15(29)5-8-23(19)40-13-25(36)34-41(2,38)39/h3-11,21,26H,12-13H2,1-2H3,(H,32,37)(H,33,35)(H,34,36)/t21-,26+,28-/m1/s1. The maximum atomic E-state index is 14.6. The first-order valence-electron chi connectivity index (χ1n) is 12.4. The number of nitrogens with one attached hydrogen (secondary N) is 3. The van der Waals surface area contributed by atoms with E-state index in [2.05, 4.69) is 10.6 Å². The Morgan fingerprint density at radius 1 is 1.07 bits per heavy atom. The molecule has 1 fully saturated rings. The van der Waals surface area contributed by atoms with Gasteiger partial charge >= 0.3 is 0 Å². The Kier molecular flexibility index (Phi) is 7.47. The molecule has 0 aromatic heterocycles. The van der Waals surface area contributed by atoms with Crippen LogP contribution in [0.25, 0.3) is 0 Å². The van der Waals surface area contributed by atoms with E-state index in [1.165, 1.54) is 30.3 Å². The second kappa shape index (κ2) is 10.6. The predicted molar refractivity (Wildman–Crippen MR) is 151 cm³/mol. The first-order chi connectivity index (χ1) is 19.3. The zero-order valence-corrected chi connectivity index (χ0v) is 24.1. The van der Waals surface area contributed by atoms with Crippen molar-refractivity contribution in [2.24, 2.45) is 0 Å². The van der Waals surface area contributed by atoms with Crippen molar-refractivity contribution >= 4 is 56.6 Å². The average Bonchev–Trinajstić information content (AvgIpc) is 3.16. The summed E-state index contributed by atoms with van der Waals surface area (Å²) < 4.78 is 45.1. The van der Waals surface area contributed by atoms with Gasteiger partial charge in [0.1, 0.15) is 17.0 Å². The molecule has 41 heavy (non-hydrogen) atoms. The van der Waals surface area contributed by atoms with E-state index in [1.54, 1.807) is 31.2 Å². The second-order valence-corrected chi connectivity index (χ2v) is 12.7. The molecule has 0 radical (unpaired) electrons. The van der Waals surface area contributed by atoms with Gasteiger partial charge in [-0.1, -0.05) is 35.3 Å². The normalized spacial score (nSPS) is 21.7. The Hall–Kier alpha value is -3.67. The van der Waals surface area contributed by atoms with Crippen LogP contribution < -0.4 is 20.1 Å². The van der Waals surface area contributed by atoms with E-state index in [4.69, 9.17) is 27.9 Å². The topological polar surface area (TPSA) is 131 Å². The van der Waals surface area contributed by atoms with Gasteiger partial charge in [0.15, 0.2) is 6.61 Å². The summed E-state index contributed by atoms with van der Waals surface area (Å²) in [5.74, 6) is -3.15. The maximum Gasteiger partial charge on any atom is 0.271 e. The highest BCUT2D eigenvalue weighted by Crippen LogP contribution is 2.59. The van der Waals surface area contributed by atoms with E-state index in [9.17, 15) is 27.2 Å². The Labute approximate surface area is 245 Å². The quantitative estimate of drug-likeness (QED) is 0.380. The second-order valence-electron chi connectivity index (χ2n) is 10.0. The van der Waals surface area contributed by atoms with Crippen molar-refractivity contribution in [3.8, 4) is 5.75 Å². The maximum absolute atomic E-state index is 14.6. The Bertz CT molecular complexity index is 1720. The fourth-order valence-electron chi connectivity index (χ4n) is 5.75. The van der Waals surface area contributed by atoms with Crippen LogP contribution in [0, 0.1) is 12.7 Å². The molecule has 3 aromatic carbocycles. The molecule has 1 spiro atoms. The van der Waals surface area contributed by atoms with Crippen LogP contribution in [-0.2, 0) is 29.8 Å². The number of anilines is 1. The highest BCUT2D eigenvalue weighted by atomic mass is 35.5. The molecule has 0 unspecified atom stereocenters. The third-order valence-electron chi connectivity index (χ3n) is 7.31. The molecule has 5 rings (SSSR count). The number of benzene rings is 3. The van der Waals surface area contributed by atoms with Crippen molar-refractivity contribution in [2.75, 3.05) is 18.2 Å². The molecular weight excluding hydrogens is 596 g/mol. The highest BCUT2D eigenvalue weighted by Gasteiger charge is 2.61. The van der Waals surface area contributed by atoms with E-state index in [0.29, 0.717) is 33.0 Å². The number of rotatable bonds is 6. The summed E-state index contributed by atoms with van der Waals surface area (Å²) in [6.45, 7) is 1.08. The lowest BCUT2D eigenvalue weighted by Gasteiger charge is -2.47. The number of hydrogen-bond acceptors (Lipinski definition) is 6. The van der Waals surface area contributed by atoms with E-state index in [-0.39, 0.29) is 17.2 Å². The molecular formula is C28H24Cl2FN3O6S. The predicted octanol–water partition coefficient (Wildman–Crippen LogP) is 4.13. The minimum Gasteiger partial charge on any atom is -0.483 e. The van der Waals surface area contributed by atoms with E-state index in [1.807, 2.05) is 4.72 Å². The highest BCUT2D eigenvalue weighted by molar-refractivity contribution is 7.89. The minimum atomic E-state index is -3.83. The Morgan fingerprint density at radius 2 is 1.78 bits per heavy atom. The van der Waals surface area contributed by atoms with Gasteiger partial charge in [0.2, 0.25) is 21.8 Å². The van der Waals surface area contributed by atoms with Crippen molar-refractivity contribution in [1.29, 1.82) is 0 Å². The van der Waals surface area contributed by atoms with Gasteiger partial charge in [0.05, 0.1) is 12.3 Å². The molecule has 0 aliphatic carbocycles. The summed E-state index contributed by atoms with van der Waals surface area (Å²) in [4.78, 5) is 39.7. The van der Waals surface area contributed by atoms with Crippen molar-refractivity contribution in [1.82, 2.24) is 10.0 Å². The first-order valence-corrected chi connectivity index (χ1v) is 15.0. The number of carbonyl (C=O) groups is 3. The molecule has 0 bridgehead atoms. The summed E-state index contributed by atoms with van der Waals surface area (Å²) in [6.07, 6.45) is 0.645. The molecule has 214 valence electrons. The van der Waals surface area contributed by atoms with Crippen LogP contribution >= 0.6 is 23.2 Å². The number of piperidine rings is 1. The lowest BCUT2D eigenvalue weighted by atomic mass is 9.59. The van der Waals surface area contributed by atoms with Crippen LogP contribution in [0.2, 0.25) is 10.0 Å². The summed E-state index contributed by atoms with van der Waals surface area (Å²) >= 11 is 12.6. The van der Waals surface area contributed by atoms with Crippen LogP contribution in [-0.4, -0.2) is 39.0 Å². The molecule has 9 nitrogen and oxygen atoms in total. The number of amides is 3. The zero-order valence-electron chi connectivity index (χ0n) is 21.8. The monoisotopic (exact) mass is 619 g/mol. The molecule has 1 saturated heterocycles. The average molecular weight is 620 g/mol. The summed E-state index contributed by atoms with van der Waals surface area (Å²) in [5.41, 5.74) is 0.803. The Morgan fingerprint density at radius 3 is 2.51 bits per heavy atom. The van der Waals surface area contributed by atoms with E-state index < -0.39 is 57.5 Å². The summed E-state index contributed by atoms with van der Waals surface area (Å²) in [6, 6.07) is 12.5.